The quantitative estimate of drug-likeness (QED) is 0.337. The molecular formula is C24H24ClN7S2. The molecule has 0 saturated carbocycles. The van der Waals surface area contributed by atoms with Crippen molar-refractivity contribution in [3.8, 4) is 16.6 Å². The Morgan fingerprint density at radius 2 is 2.00 bits per heavy atom. The molecule has 2 N–H and O–H groups in total. The Morgan fingerprint density at radius 3 is 2.62 bits per heavy atom. The van der Waals surface area contributed by atoms with Crippen LogP contribution in [0.4, 0.5) is 17.2 Å². The van der Waals surface area contributed by atoms with Crippen molar-refractivity contribution >= 4 is 51.9 Å². The molecule has 7 nitrogen and oxygen atoms in total. The zero-order chi connectivity index (χ0) is 24.2. The number of piperidine rings is 1. The summed E-state index contributed by atoms with van der Waals surface area (Å²) in [7, 11) is 4.17. The average molecular weight is 510 g/mol. The minimum absolute atomic E-state index is 0.168. The molecule has 1 aliphatic rings. The van der Waals surface area contributed by atoms with E-state index in [4.69, 9.17) is 28.9 Å². The van der Waals surface area contributed by atoms with Crippen LogP contribution in [0.3, 0.4) is 0 Å². The van der Waals surface area contributed by atoms with Gasteiger partial charge in [0, 0.05) is 40.9 Å². The van der Waals surface area contributed by atoms with Crippen LogP contribution >= 0.6 is 34.7 Å². The standard InChI is InChI=1S/C24H24ClN7S2/c1-28-20-21(32-10-8-18(9-11-32)31(2)3)19(12-26)24(30-22(20)27)34-14-17-13-33-23(29-17)15-4-6-16(25)7-5-15/h4-7,13,18H,8-11,14H2,2-3H3,(H2,27,30). The molecule has 0 radical (unpaired) electrons. The molecule has 1 fully saturated rings. The van der Waals surface area contributed by atoms with E-state index in [0.29, 0.717) is 33.1 Å². The highest BCUT2D eigenvalue weighted by atomic mass is 35.5. The first-order chi connectivity index (χ1) is 16.4. The number of pyridine rings is 1. The van der Waals surface area contributed by atoms with Gasteiger partial charge in [-0.25, -0.2) is 14.8 Å². The van der Waals surface area contributed by atoms with E-state index in [1.807, 2.05) is 29.6 Å². The number of thiazole rings is 1. The largest absolute Gasteiger partial charge is 0.392 e. The van der Waals surface area contributed by atoms with E-state index in [1.54, 1.807) is 11.3 Å². The first-order valence-corrected chi connectivity index (χ1v) is 13.0. The van der Waals surface area contributed by atoms with Crippen molar-refractivity contribution in [3.63, 3.8) is 0 Å². The first-order valence-electron chi connectivity index (χ1n) is 10.8. The molecule has 4 rings (SSSR count). The maximum atomic E-state index is 10.0. The lowest BCUT2D eigenvalue weighted by Crippen LogP contribution is -2.42. The molecule has 174 valence electrons. The van der Waals surface area contributed by atoms with Crippen molar-refractivity contribution in [2.45, 2.75) is 29.7 Å². The molecule has 2 aromatic heterocycles. The van der Waals surface area contributed by atoms with E-state index in [0.717, 1.165) is 42.2 Å². The van der Waals surface area contributed by atoms with Gasteiger partial charge in [0.05, 0.1) is 23.5 Å². The molecule has 1 aliphatic heterocycles. The molecule has 0 atom stereocenters. The third kappa shape index (κ3) is 5.13. The highest BCUT2D eigenvalue weighted by Gasteiger charge is 2.28. The number of hydrogen-bond acceptors (Lipinski definition) is 8. The molecular weight excluding hydrogens is 486 g/mol. The molecule has 0 spiro atoms. The number of rotatable bonds is 6. The van der Waals surface area contributed by atoms with Gasteiger partial charge >= 0.3 is 0 Å². The fourth-order valence-electron chi connectivity index (χ4n) is 4.03. The second-order valence-corrected chi connectivity index (χ2v) is 10.5. The number of halogens is 1. The summed E-state index contributed by atoms with van der Waals surface area (Å²) in [6.07, 6.45) is 1.93. The van der Waals surface area contributed by atoms with Crippen molar-refractivity contribution in [2.24, 2.45) is 0 Å². The van der Waals surface area contributed by atoms with Gasteiger partial charge in [0.2, 0.25) is 0 Å². The molecule has 1 aromatic carbocycles. The van der Waals surface area contributed by atoms with Crippen LogP contribution in [0, 0.1) is 17.9 Å². The topological polar surface area (TPSA) is 86.4 Å². The summed E-state index contributed by atoms with van der Waals surface area (Å²) < 4.78 is 0. The molecule has 34 heavy (non-hydrogen) atoms. The summed E-state index contributed by atoms with van der Waals surface area (Å²) in [4.78, 5) is 17.1. The van der Waals surface area contributed by atoms with Gasteiger partial charge in [0.15, 0.2) is 0 Å². The molecule has 0 unspecified atom stereocenters. The molecule has 3 aromatic rings. The first kappa shape index (κ1) is 24.3. The number of nitrogens with zero attached hydrogens (tertiary/aromatic N) is 6. The predicted molar refractivity (Wildman–Crippen MR) is 141 cm³/mol. The molecule has 10 heteroatoms. The van der Waals surface area contributed by atoms with Crippen LogP contribution in [-0.2, 0) is 5.75 Å². The van der Waals surface area contributed by atoms with Gasteiger partial charge in [0.1, 0.15) is 21.9 Å². The van der Waals surface area contributed by atoms with Gasteiger partial charge in [-0.2, -0.15) is 5.26 Å². The Balaban J connectivity index is 1.58. The maximum absolute atomic E-state index is 10.0. The normalized spacial score (nSPS) is 14.2. The summed E-state index contributed by atoms with van der Waals surface area (Å²) in [6.45, 7) is 9.20. The molecule has 0 bridgehead atoms. The second kappa shape index (κ2) is 10.6. The van der Waals surface area contributed by atoms with E-state index < -0.39 is 0 Å². The van der Waals surface area contributed by atoms with Crippen LogP contribution in [0.5, 0.6) is 0 Å². The van der Waals surface area contributed by atoms with Crippen LogP contribution in [0.2, 0.25) is 5.02 Å². The Labute approximate surface area is 213 Å². The Kier molecular flexibility index (Phi) is 7.60. The number of anilines is 2. The maximum Gasteiger partial charge on any atom is 0.251 e. The SMILES string of the molecule is [C-]#[N+]c1c(N)nc(SCc2csc(-c3ccc(Cl)cc3)n2)c(C#N)c1N1CCC(N(C)C)CC1. The Bertz CT molecular complexity index is 1250. The Hall–Kier alpha value is -2.82. The summed E-state index contributed by atoms with van der Waals surface area (Å²) in [5.74, 6) is 0.714. The van der Waals surface area contributed by atoms with Crippen LogP contribution in [0.1, 0.15) is 24.1 Å². The minimum atomic E-state index is 0.168. The monoisotopic (exact) mass is 509 g/mol. The van der Waals surface area contributed by atoms with Gasteiger partial charge in [-0.15, -0.1) is 11.3 Å². The summed E-state index contributed by atoms with van der Waals surface area (Å²) in [5, 5.41) is 14.2. The number of hydrogen-bond donors (Lipinski definition) is 1. The van der Waals surface area contributed by atoms with Crippen molar-refractivity contribution in [2.75, 3.05) is 37.8 Å². The molecule has 0 aliphatic carbocycles. The average Bonchev–Trinajstić information content (AvgIpc) is 3.31. The van der Waals surface area contributed by atoms with Gasteiger partial charge in [-0.1, -0.05) is 35.5 Å². The number of aromatic nitrogens is 2. The highest BCUT2D eigenvalue weighted by Crippen LogP contribution is 2.42. The second-order valence-electron chi connectivity index (χ2n) is 8.22. The van der Waals surface area contributed by atoms with E-state index in [1.165, 1.54) is 11.8 Å². The van der Waals surface area contributed by atoms with Gasteiger partial charge < -0.3 is 15.5 Å². The number of nitriles is 1. The highest BCUT2D eigenvalue weighted by molar-refractivity contribution is 7.98. The predicted octanol–water partition coefficient (Wildman–Crippen LogP) is 5.69. The van der Waals surface area contributed by atoms with Gasteiger partial charge in [-0.05, 0) is 39.1 Å². The lowest BCUT2D eigenvalue weighted by Gasteiger charge is -2.37. The zero-order valence-electron chi connectivity index (χ0n) is 19.0. The smallest absolute Gasteiger partial charge is 0.251 e. The molecule has 1 saturated heterocycles. The Morgan fingerprint density at radius 1 is 1.29 bits per heavy atom. The zero-order valence-corrected chi connectivity index (χ0v) is 21.3. The lowest BCUT2D eigenvalue weighted by atomic mass is 10.0. The number of nitrogens with two attached hydrogens (primary N) is 1. The van der Waals surface area contributed by atoms with Crippen LogP contribution in [-0.4, -0.2) is 48.1 Å². The number of thioether (sulfide) groups is 1. The summed E-state index contributed by atoms with van der Waals surface area (Å²) in [5.41, 5.74) is 9.40. The van der Waals surface area contributed by atoms with Gasteiger partial charge in [-0.3, -0.25) is 0 Å². The third-order valence-electron chi connectivity index (χ3n) is 5.87. The third-order valence-corrected chi connectivity index (χ3v) is 8.07. The fraction of sp³-hybridized carbons (Fsp3) is 0.333. The van der Waals surface area contributed by atoms with Crippen LogP contribution < -0.4 is 10.6 Å². The van der Waals surface area contributed by atoms with Gasteiger partial charge in [0.25, 0.3) is 5.69 Å². The number of benzene rings is 1. The van der Waals surface area contributed by atoms with Crippen molar-refractivity contribution in [1.82, 2.24) is 14.9 Å². The van der Waals surface area contributed by atoms with Crippen molar-refractivity contribution in [1.29, 1.82) is 5.26 Å². The molecule has 3 heterocycles. The summed E-state index contributed by atoms with van der Waals surface area (Å²) >= 11 is 8.97. The fourth-order valence-corrected chi connectivity index (χ4v) is 5.97. The lowest BCUT2D eigenvalue weighted by molar-refractivity contribution is 0.249. The van der Waals surface area contributed by atoms with Crippen molar-refractivity contribution < 1.29 is 0 Å². The van der Waals surface area contributed by atoms with Crippen LogP contribution in [0.15, 0.2) is 34.7 Å². The van der Waals surface area contributed by atoms with E-state index >= 15 is 0 Å². The van der Waals surface area contributed by atoms with E-state index in [2.05, 4.69) is 39.8 Å². The molecule has 0 amide bonds. The summed E-state index contributed by atoms with van der Waals surface area (Å²) in [6, 6.07) is 10.4. The van der Waals surface area contributed by atoms with E-state index in [-0.39, 0.29) is 11.5 Å². The van der Waals surface area contributed by atoms with Crippen LogP contribution in [0.25, 0.3) is 15.4 Å². The number of nitrogen functional groups attached to an aromatic ring is 1. The van der Waals surface area contributed by atoms with Crippen molar-refractivity contribution in [3.05, 3.63) is 57.3 Å². The minimum Gasteiger partial charge on any atom is -0.392 e. The van der Waals surface area contributed by atoms with E-state index in [9.17, 15) is 5.26 Å².